The molecule has 1 N–H and O–H groups in total. The summed E-state index contributed by atoms with van der Waals surface area (Å²) < 4.78 is 5.11. The third-order valence-electron chi connectivity index (χ3n) is 7.46. The molecule has 0 unspecified atom stereocenters. The minimum absolute atomic E-state index is 0.00227. The molecular weight excluding hydrogens is 456 g/mol. The molecule has 8 heteroatoms. The van der Waals surface area contributed by atoms with Crippen LogP contribution in [0, 0.1) is 0 Å². The topological polar surface area (TPSA) is 95.6 Å². The number of amides is 3. The molecule has 0 saturated carbocycles. The van der Waals surface area contributed by atoms with E-state index >= 15 is 0 Å². The van der Waals surface area contributed by atoms with Crippen LogP contribution in [-0.2, 0) is 24.5 Å². The lowest BCUT2D eigenvalue weighted by molar-refractivity contribution is -0.144. The molecule has 2 aliphatic heterocycles. The SMILES string of the molecule is COCCCN1C(=O)C[C@@](CC(=O)N2CCCC[C@@H]2c2nc3ccccc3[nH]2)(c2ccccc2)C1=O. The Morgan fingerprint density at radius 2 is 1.89 bits per heavy atom. The van der Waals surface area contributed by atoms with Gasteiger partial charge in [-0.15, -0.1) is 0 Å². The number of nitrogens with zero attached hydrogens (tertiary/aromatic N) is 3. The molecule has 2 atom stereocenters. The fourth-order valence-corrected chi connectivity index (χ4v) is 5.62. The number of ether oxygens (including phenoxy) is 1. The zero-order valence-corrected chi connectivity index (χ0v) is 20.6. The lowest BCUT2D eigenvalue weighted by Gasteiger charge is -2.37. The van der Waals surface area contributed by atoms with E-state index in [1.807, 2.05) is 59.5 Å². The minimum Gasteiger partial charge on any atom is -0.385 e. The third-order valence-corrected chi connectivity index (χ3v) is 7.46. The summed E-state index contributed by atoms with van der Waals surface area (Å²) in [7, 11) is 1.59. The summed E-state index contributed by atoms with van der Waals surface area (Å²) in [6.07, 6.45) is 3.22. The van der Waals surface area contributed by atoms with Gasteiger partial charge in [0.1, 0.15) is 5.82 Å². The highest BCUT2D eigenvalue weighted by molar-refractivity contribution is 6.10. The van der Waals surface area contributed by atoms with E-state index in [0.29, 0.717) is 31.7 Å². The zero-order valence-electron chi connectivity index (χ0n) is 20.6. The molecule has 1 aromatic heterocycles. The molecule has 188 valence electrons. The van der Waals surface area contributed by atoms with E-state index in [9.17, 15) is 14.4 Å². The first kappa shape index (κ1) is 24.2. The van der Waals surface area contributed by atoms with Crippen molar-refractivity contribution in [1.29, 1.82) is 0 Å². The average molecular weight is 489 g/mol. The second-order valence-corrected chi connectivity index (χ2v) is 9.74. The summed E-state index contributed by atoms with van der Waals surface area (Å²) in [5.74, 6) is 0.123. The Labute approximate surface area is 210 Å². The van der Waals surface area contributed by atoms with Crippen molar-refractivity contribution in [2.24, 2.45) is 0 Å². The Hall–Kier alpha value is -3.52. The maximum atomic E-state index is 13.9. The zero-order chi connectivity index (χ0) is 25.1. The summed E-state index contributed by atoms with van der Waals surface area (Å²) in [5.41, 5.74) is 1.32. The summed E-state index contributed by atoms with van der Waals surface area (Å²) in [6.45, 7) is 1.35. The van der Waals surface area contributed by atoms with Gasteiger partial charge in [0.05, 0.1) is 22.5 Å². The second-order valence-electron chi connectivity index (χ2n) is 9.74. The van der Waals surface area contributed by atoms with Gasteiger partial charge in [-0.1, -0.05) is 42.5 Å². The Kier molecular flexibility index (Phi) is 6.87. The maximum absolute atomic E-state index is 13.9. The highest BCUT2D eigenvalue weighted by atomic mass is 16.5. The highest BCUT2D eigenvalue weighted by Gasteiger charge is 2.54. The van der Waals surface area contributed by atoms with Crippen molar-refractivity contribution in [3.05, 3.63) is 66.0 Å². The lowest BCUT2D eigenvalue weighted by atomic mass is 9.75. The molecule has 8 nitrogen and oxygen atoms in total. The number of aromatic nitrogens is 2. The van der Waals surface area contributed by atoms with Crippen LogP contribution in [0.15, 0.2) is 54.6 Å². The number of carbonyl (C=O) groups excluding carboxylic acids is 3. The normalized spacial score (nSPS) is 22.5. The fraction of sp³-hybridized carbons (Fsp3) is 0.429. The molecule has 0 spiro atoms. The molecule has 2 saturated heterocycles. The van der Waals surface area contributed by atoms with Crippen molar-refractivity contribution in [2.45, 2.75) is 50.0 Å². The lowest BCUT2D eigenvalue weighted by Crippen LogP contribution is -2.46. The fourth-order valence-electron chi connectivity index (χ4n) is 5.62. The number of para-hydroxylation sites is 2. The van der Waals surface area contributed by atoms with Crippen LogP contribution in [0.5, 0.6) is 0 Å². The molecule has 0 bridgehead atoms. The van der Waals surface area contributed by atoms with E-state index in [1.165, 1.54) is 4.90 Å². The van der Waals surface area contributed by atoms with Crippen molar-refractivity contribution in [3.8, 4) is 0 Å². The number of aromatic amines is 1. The molecule has 3 heterocycles. The first-order valence-electron chi connectivity index (χ1n) is 12.7. The average Bonchev–Trinajstić information content (AvgIpc) is 3.44. The van der Waals surface area contributed by atoms with Gasteiger partial charge >= 0.3 is 0 Å². The molecular formula is C28H32N4O4. The van der Waals surface area contributed by atoms with Crippen molar-refractivity contribution in [3.63, 3.8) is 0 Å². The van der Waals surface area contributed by atoms with E-state index in [4.69, 9.17) is 9.72 Å². The van der Waals surface area contributed by atoms with Gasteiger partial charge in [0, 0.05) is 39.6 Å². The summed E-state index contributed by atoms with van der Waals surface area (Å²) in [6, 6.07) is 16.9. The number of H-pyrrole nitrogens is 1. The molecule has 3 amide bonds. The van der Waals surface area contributed by atoms with Crippen molar-refractivity contribution in [2.75, 3.05) is 26.8 Å². The Morgan fingerprint density at radius 1 is 1.11 bits per heavy atom. The molecule has 2 aromatic carbocycles. The molecule has 2 aliphatic rings. The Balaban J connectivity index is 1.45. The summed E-state index contributed by atoms with van der Waals surface area (Å²) in [4.78, 5) is 52.1. The Bertz CT molecular complexity index is 1220. The smallest absolute Gasteiger partial charge is 0.240 e. The van der Waals surface area contributed by atoms with Gasteiger partial charge < -0.3 is 14.6 Å². The number of benzene rings is 2. The van der Waals surface area contributed by atoms with Crippen LogP contribution in [-0.4, -0.2) is 64.3 Å². The van der Waals surface area contributed by atoms with Crippen LogP contribution < -0.4 is 0 Å². The van der Waals surface area contributed by atoms with E-state index in [2.05, 4.69) is 4.98 Å². The largest absolute Gasteiger partial charge is 0.385 e. The number of likely N-dealkylation sites (tertiary alicyclic amines) is 2. The van der Waals surface area contributed by atoms with Crippen LogP contribution in [0.4, 0.5) is 0 Å². The number of imidazole rings is 1. The molecule has 0 aliphatic carbocycles. The van der Waals surface area contributed by atoms with Gasteiger partial charge in [0.15, 0.2) is 0 Å². The van der Waals surface area contributed by atoms with Crippen LogP contribution in [0.3, 0.4) is 0 Å². The number of nitrogens with one attached hydrogen (secondary N) is 1. The highest BCUT2D eigenvalue weighted by Crippen LogP contribution is 2.42. The van der Waals surface area contributed by atoms with Gasteiger partial charge in [-0.25, -0.2) is 4.98 Å². The van der Waals surface area contributed by atoms with E-state index < -0.39 is 5.41 Å². The molecule has 36 heavy (non-hydrogen) atoms. The Morgan fingerprint density at radius 3 is 2.67 bits per heavy atom. The van der Waals surface area contributed by atoms with Crippen molar-refractivity contribution in [1.82, 2.24) is 19.8 Å². The predicted octanol–water partition coefficient (Wildman–Crippen LogP) is 3.74. The molecule has 5 rings (SSSR count). The van der Waals surface area contributed by atoms with Crippen LogP contribution >= 0.6 is 0 Å². The van der Waals surface area contributed by atoms with E-state index in [1.54, 1.807) is 7.11 Å². The standard InChI is InChI=1S/C28H32N4O4/c1-36-17-9-16-32-25(34)19-28(27(32)35,20-10-3-2-4-11-20)18-24(33)31-15-8-7-14-23(31)26-29-21-12-5-6-13-22(21)30-26/h2-6,10-13,23H,7-9,14-19H2,1H3,(H,29,30)/t23-,28+/m1/s1. The summed E-state index contributed by atoms with van der Waals surface area (Å²) in [5, 5.41) is 0. The first-order valence-corrected chi connectivity index (χ1v) is 12.7. The number of carbonyl (C=O) groups is 3. The van der Waals surface area contributed by atoms with Crippen molar-refractivity contribution < 1.29 is 19.1 Å². The first-order chi connectivity index (χ1) is 17.5. The van der Waals surface area contributed by atoms with Gasteiger partial charge in [-0.3, -0.25) is 19.3 Å². The number of imide groups is 1. The number of hydrogen-bond acceptors (Lipinski definition) is 5. The van der Waals surface area contributed by atoms with Gasteiger partial charge in [0.25, 0.3) is 0 Å². The monoisotopic (exact) mass is 488 g/mol. The van der Waals surface area contributed by atoms with Crippen molar-refractivity contribution >= 4 is 28.8 Å². The predicted molar refractivity (Wildman–Crippen MR) is 135 cm³/mol. The quantitative estimate of drug-likeness (QED) is 0.385. The van der Waals surface area contributed by atoms with Gasteiger partial charge in [-0.05, 0) is 43.4 Å². The van der Waals surface area contributed by atoms with Crippen LogP contribution in [0.2, 0.25) is 0 Å². The van der Waals surface area contributed by atoms with Crippen LogP contribution in [0.1, 0.15) is 56.0 Å². The van der Waals surface area contributed by atoms with Gasteiger partial charge in [0.2, 0.25) is 17.7 Å². The number of methoxy groups -OCH3 is 1. The van der Waals surface area contributed by atoms with E-state index in [-0.39, 0.29) is 36.6 Å². The third kappa shape index (κ3) is 4.41. The molecule has 0 radical (unpaired) electrons. The van der Waals surface area contributed by atoms with Crippen LogP contribution in [0.25, 0.3) is 11.0 Å². The van der Waals surface area contributed by atoms with Gasteiger partial charge in [-0.2, -0.15) is 0 Å². The number of fused-ring (bicyclic) bond motifs is 1. The number of rotatable bonds is 8. The number of piperidine rings is 1. The molecule has 2 fully saturated rings. The summed E-state index contributed by atoms with van der Waals surface area (Å²) >= 11 is 0. The number of hydrogen-bond donors (Lipinski definition) is 1. The van der Waals surface area contributed by atoms with E-state index in [0.717, 1.165) is 36.1 Å². The maximum Gasteiger partial charge on any atom is 0.240 e. The minimum atomic E-state index is -1.20. The molecule has 3 aromatic rings. The second kappa shape index (κ2) is 10.2.